The first-order valence-electron chi connectivity index (χ1n) is 4.77. The van der Waals surface area contributed by atoms with Crippen LogP contribution >= 0.6 is 0 Å². The lowest BCUT2D eigenvalue weighted by Crippen LogP contribution is -2.14. The summed E-state index contributed by atoms with van der Waals surface area (Å²) in [7, 11) is 0. The van der Waals surface area contributed by atoms with Crippen LogP contribution in [0.25, 0.3) is 10.8 Å². The van der Waals surface area contributed by atoms with Crippen molar-refractivity contribution in [2.75, 3.05) is 0 Å². The molecule has 0 aliphatic carbocycles. The molecule has 0 radical (unpaired) electrons. The molecule has 0 atom stereocenters. The fourth-order valence-corrected chi connectivity index (χ4v) is 1.71. The molecule has 76 valence electrons. The van der Waals surface area contributed by atoms with Crippen LogP contribution in [0.3, 0.4) is 0 Å². The van der Waals surface area contributed by atoms with Crippen molar-refractivity contribution >= 4 is 16.7 Å². The van der Waals surface area contributed by atoms with Crippen LogP contribution in [0.5, 0.6) is 0 Å². The first-order valence-corrected chi connectivity index (χ1v) is 4.77. The number of primary amides is 1. The Kier molecular flexibility index (Phi) is 2.15. The lowest BCUT2D eigenvalue weighted by atomic mass is 10.0. The Labute approximate surface area is 87.9 Å². The van der Waals surface area contributed by atoms with Crippen LogP contribution in [-0.2, 0) is 0 Å². The number of carbonyl (C=O) groups excluding carboxylic acids is 1. The monoisotopic (exact) mass is 200 g/mol. The van der Waals surface area contributed by atoms with E-state index < -0.39 is 5.91 Å². The number of nitrogens with two attached hydrogens (primary N) is 1. The number of aromatic nitrogens is 1. The van der Waals surface area contributed by atoms with Gasteiger partial charge in [0, 0.05) is 11.1 Å². The van der Waals surface area contributed by atoms with E-state index in [4.69, 9.17) is 5.73 Å². The molecule has 2 aromatic rings. The number of amides is 1. The Bertz CT molecular complexity index is 547. The van der Waals surface area contributed by atoms with Gasteiger partial charge in [0.05, 0.1) is 0 Å². The summed E-state index contributed by atoms with van der Waals surface area (Å²) in [5.41, 5.74) is 7.60. The number of benzene rings is 1. The van der Waals surface area contributed by atoms with Gasteiger partial charge in [0.1, 0.15) is 5.69 Å². The summed E-state index contributed by atoms with van der Waals surface area (Å²) in [5, 5.41) is 1.87. The van der Waals surface area contributed by atoms with Gasteiger partial charge in [-0.25, -0.2) is 4.98 Å². The molecule has 0 fully saturated rings. The maximum Gasteiger partial charge on any atom is 0.267 e. The third-order valence-corrected chi connectivity index (χ3v) is 2.64. The van der Waals surface area contributed by atoms with Gasteiger partial charge in [0.2, 0.25) is 0 Å². The molecular weight excluding hydrogens is 188 g/mol. The van der Waals surface area contributed by atoms with E-state index >= 15 is 0 Å². The van der Waals surface area contributed by atoms with E-state index in [2.05, 4.69) is 4.98 Å². The molecule has 1 aromatic carbocycles. The summed E-state index contributed by atoms with van der Waals surface area (Å²) < 4.78 is 0. The molecule has 1 aromatic heterocycles. The van der Waals surface area contributed by atoms with E-state index in [9.17, 15) is 4.79 Å². The number of fused-ring (bicyclic) bond motifs is 1. The average Bonchev–Trinajstić information content (AvgIpc) is 2.23. The molecular formula is C12H12N2O. The van der Waals surface area contributed by atoms with E-state index in [0.717, 1.165) is 22.0 Å². The third-order valence-electron chi connectivity index (χ3n) is 2.64. The number of nitrogens with zero attached hydrogens (tertiary/aromatic N) is 1. The second kappa shape index (κ2) is 3.35. The van der Waals surface area contributed by atoms with E-state index in [1.807, 2.05) is 38.1 Å². The largest absolute Gasteiger partial charge is 0.364 e. The Morgan fingerprint density at radius 3 is 2.40 bits per heavy atom. The van der Waals surface area contributed by atoms with Gasteiger partial charge in [-0.3, -0.25) is 4.79 Å². The highest BCUT2D eigenvalue weighted by molar-refractivity contribution is 6.05. The number of pyridine rings is 1. The number of aryl methyl sites for hydroxylation is 2. The average molecular weight is 200 g/mol. The topological polar surface area (TPSA) is 56.0 Å². The van der Waals surface area contributed by atoms with Crippen LogP contribution in [0.2, 0.25) is 0 Å². The first kappa shape index (κ1) is 9.65. The number of hydrogen-bond acceptors (Lipinski definition) is 2. The maximum atomic E-state index is 11.2. The minimum absolute atomic E-state index is 0.355. The highest BCUT2D eigenvalue weighted by Gasteiger charge is 2.11. The lowest BCUT2D eigenvalue weighted by molar-refractivity contribution is 0.0997. The zero-order valence-electron chi connectivity index (χ0n) is 8.74. The number of rotatable bonds is 1. The molecule has 0 aliphatic rings. The van der Waals surface area contributed by atoms with Gasteiger partial charge in [-0.2, -0.15) is 0 Å². The third kappa shape index (κ3) is 1.46. The molecule has 2 N–H and O–H groups in total. The van der Waals surface area contributed by atoms with E-state index in [-0.39, 0.29) is 0 Å². The van der Waals surface area contributed by atoms with Crippen molar-refractivity contribution in [3.8, 4) is 0 Å². The lowest BCUT2D eigenvalue weighted by Gasteiger charge is -2.08. The van der Waals surface area contributed by atoms with Crippen molar-refractivity contribution in [1.82, 2.24) is 4.98 Å². The van der Waals surface area contributed by atoms with Crippen LogP contribution in [0.1, 0.15) is 21.7 Å². The minimum Gasteiger partial charge on any atom is -0.364 e. The van der Waals surface area contributed by atoms with Crippen molar-refractivity contribution in [1.29, 1.82) is 0 Å². The van der Waals surface area contributed by atoms with Crippen LogP contribution in [0.15, 0.2) is 24.3 Å². The fourth-order valence-electron chi connectivity index (χ4n) is 1.71. The molecule has 1 heterocycles. The summed E-state index contributed by atoms with van der Waals surface area (Å²) in [6.07, 6.45) is 0. The number of hydrogen-bond donors (Lipinski definition) is 1. The van der Waals surface area contributed by atoms with Gasteiger partial charge in [-0.15, -0.1) is 0 Å². The maximum absolute atomic E-state index is 11.2. The first-order chi connectivity index (χ1) is 7.11. The highest BCUT2D eigenvalue weighted by atomic mass is 16.1. The molecule has 0 bridgehead atoms. The van der Waals surface area contributed by atoms with Crippen molar-refractivity contribution < 1.29 is 4.79 Å². The summed E-state index contributed by atoms with van der Waals surface area (Å²) in [6.45, 7) is 3.88. The molecule has 0 unspecified atom stereocenters. The minimum atomic E-state index is -0.477. The molecule has 2 rings (SSSR count). The molecule has 0 saturated carbocycles. The Hall–Kier alpha value is -1.90. The van der Waals surface area contributed by atoms with Crippen molar-refractivity contribution in [2.45, 2.75) is 13.8 Å². The summed E-state index contributed by atoms with van der Waals surface area (Å²) in [6, 6.07) is 7.67. The van der Waals surface area contributed by atoms with E-state index in [1.54, 1.807) is 0 Å². The quantitative estimate of drug-likeness (QED) is 0.764. The second-order valence-corrected chi connectivity index (χ2v) is 3.58. The Balaban J connectivity index is 2.94. The summed E-state index contributed by atoms with van der Waals surface area (Å²) in [4.78, 5) is 15.5. The van der Waals surface area contributed by atoms with E-state index in [0.29, 0.717) is 5.69 Å². The van der Waals surface area contributed by atoms with Crippen LogP contribution in [-0.4, -0.2) is 10.9 Å². The van der Waals surface area contributed by atoms with Crippen LogP contribution in [0.4, 0.5) is 0 Å². The molecule has 0 saturated heterocycles. The van der Waals surface area contributed by atoms with Crippen LogP contribution < -0.4 is 5.73 Å². The van der Waals surface area contributed by atoms with Crippen molar-refractivity contribution in [3.05, 3.63) is 41.2 Å². The summed E-state index contributed by atoms with van der Waals surface area (Å²) >= 11 is 0. The van der Waals surface area contributed by atoms with Crippen molar-refractivity contribution in [3.63, 3.8) is 0 Å². The zero-order chi connectivity index (χ0) is 11.0. The second-order valence-electron chi connectivity index (χ2n) is 3.58. The molecule has 0 aliphatic heterocycles. The zero-order valence-corrected chi connectivity index (χ0v) is 8.74. The summed E-state index contributed by atoms with van der Waals surface area (Å²) in [5.74, 6) is -0.477. The van der Waals surface area contributed by atoms with Gasteiger partial charge in [0.15, 0.2) is 0 Å². The van der Waals surface area contributed by atoms with Gasteiger partial charge < -0.3 is 5.73 Å². The van der Waals surface area contributed by atoms with Gasteiger partial charge in [0.25, 0.3) is 5.91 Å². The molecule has 1 amide bonds. The van der Waals surface area contributed by atoms with E-state index in [1.165, 1.54) is 0 Å². The molecule has 0 spiro atoms. The number of carbonyl (C=O) groups is 1. The molecule has 3 heteroatoms. The highest BCUT2D eigenvalue weighted by Crippen LogP contribution is 2.22. The smallest absolute Gasteiger partial charge is 0.267 e. The Morgan fingerprint density at radius 1 is 1.20 bits per heavy atom. The standard InChI is InChI=1S/C12H12N2O/c1-7-8(2)14-11(12(13)15)10-6-4-3-5-9(7)10/h3-6H,1-2H3,(H2,13,15). The molecule has 3 nitrogen and oxygen atoms in total. The van der Waals surface area contributed by atoms with Crippen molar-refractivity contribution in [2.24, 2.45) is 5.73 Å². The predicted molar refractivity (Wildman–Crippen MR) is 59.7 cm³/mol. The van der Waals surface area contributed by atoms with Gasteiger partial charge in [-0.1, -0.05) is 24.3 Å². The molecule has 15 heavy (non-hydrogen) atoms. The predicted octanol–water partition coefficient (Wildman–Crippen LogP) is 1.95. The normalized spacial score (nSPS) is 10.5. The van der Waals surface area contributed by atoms with Crippen LogP contribution in [0, 0.1) is 13.8 Å². The van der Waals surface area contributed by atoms with Gasteiger partial charge in [-0.05, 0) is 24.8 Å². The fraction of sp³-hybridized carbons (Fsp3) is 0.167. The Morgan fingerprint density at radius 2 is 1.80 bits per heavy atom. The SMILES string of the molecule is Cc1nc(C(N)=O)c2ccccc2c1C. The van der Waals surface area contributed by atoms with Gasteiger partial charge >= 0.3 is 0 Å².